The fourth-order valence-electron chi connectivity index (χ4n) is 1.42. The Morgan fingerprint density at radius 2 is 2.25 bits per heavy atom. The van der Waals surface area contributed by atoms with Crippen molar-refractivity contribution in [2.75, 3.05) is 12.0 Å². The Morgan fingerprint density at radius 1 is 1.50 bits per heavy atom. The summed E-state index contributed by atoms with van der Waals surface area (Å²) in [6, 6.07) is 6.74. The van der Waals surface area contributed by atoms with Gasteiger partial charge in [0.2, 0.25) is 0 Å². The second-order valence-corrected chi connectivity index (χ2v) is 4.61. The summed E-state index contributed by atoms with van der Waals surface area (Å²) in [4.78, 5) is 0. The lowest BCUT2D eigenvalue weighted by Crippen LogP contribution is -2.27. The minimum absolute atomic E-state index is 0.353. The first-order chi connectivity index (χ1) is 7.65. The van der Waals surface area contributed by atoms with Gasteiger partial charge in [0, 0.05) is 18.3 Å². The van der Waals surface area contributed by atoms with Crippen LogP contribution in [0.3, 0.4) is 0 Å². The van der Waals surface area contributed by atoms with Crippen molar-refractivity contribution in [3.63, 3.8) is 0 Å². The highest BCUT2D eigenvalue weighted by atomic mass is 32.2. The molecule has 1 unspecified atom stereocenters. The third-order valence-corrected chi connectivity index (χ3v) is 2.99. The molecule has 1 rings (SSSR count). The molecule has 86 valence electrons. The van der Waals surface area contributed by atoms with Gasteiger partial charge >= 0.3 is 0 Å². The van der Waals surface area contributed by atoms with Gasteiger partial charge in [-0.05, 0) is 36.9 Å². The summed E-state index contributed by atoms with van der Waals surface area (Å²) >= 11 is 1.77. The molecular weight excluding hydrogens is 223 g/mol. The first kappa shape index (κ1) is 13.0. The molecule has 0 aliphatic carbocycles. The molecule has 0 bridgehead atoms. The molecule has 0 spiro atoms. The Morgan fingerprint density at radius 3 is 2.88 bits per heavy atom. The smallest absolute Gasteiger partial charge is 0.124 e. The normalized spacial score (nSPS) is 12.1. The zero-order valence-electron chi connectivity index (χ0n) is 9.46. The van der Waals surface area contributed by atoms with Crippen LogP contribution < -0.4 is 5.32 Å². The predicted octanol–water partition coefficient (Wildman–Crippen LogP) is 2.54. The molecule has 1 atom stereocenters. The molecule has 16 heavy (non-hydrogen) atoms. The van der Waals surface area contributed by atoms with E-state index < -0.39 is 0 Å². The molecule has 2 nitrogen and oxygen atoms in total. The van der Waals surface area contributed by atoms with Crippen LogP contribution in [0, 0.1) is 17.1 Å². The maximum Gasteiger partial charge on any atom is 0.124 e. The molecule has 0 fully saturated rings. The molecule has 0 amide bonds. The largest absolute Gasteiger partial charge is 0.309 e. The number of halogens is 1. The van der Waals surface area contributed by atoms with Crippen molar-refractivity contribution in [1.29, 1.82) is 5.26 Å². The van der Waals surface area contributed by atoms with Crippen LogP contribution in [0.15, 0.2) is 18.2 Å². The number of rotatable bonds is 5. The molecule has 4 heteroatoms. The number of nitriles is 1. The van der Waals surface area contributed by atoms with Gasteiger partial charge < -0.3 is 5.32 Å². The molecule has 1 aromatic rings. The van der Waals surface area contributed by atoms with Crippen LogP contribution in [0.4, 0.5) is 4.39 Å². The van der Waals surface area contributed by atoms with E-state index >= 15 is 0 Å². The van der Waals surface area contributed by atoms with Gasteiger partial charge in [-0.1, -0.05) is 0 Å². The molecule has 0 saturated carbocycles. The molecule has 0 radical (unpaired) electrons. The lowest BCUT2D eigenvalue weighted by molar-refractivity contribution is 0.587. The van der Waals surface area contributed by atoms with E-state index in [4.69, 9.17) is 5.26 Å². The van der Waals surface area contributed by atoms with E-state index in [1.165, 1.54) is 12.1 Å². The number of thioether (sulfide) groups is 1. The molecule has 1 N–H and O–H groups in total. The third-order valence-electron chi connectivity index (χ3n) is 2.16. The van der Waals surface area contributed by atoms with E-state index in [1.807, 2.05) is 12.3 Å². The zero-order chi connectivity index (χ0) is 12.0. The van der Waals surface area contributed by atoms with E-state index in [1.54, 1.807) is 17.8 Å². The number of benzene rings is 1. The van der Waals surface area contributed by atoms with Crippen molar-refractivity contribution in [2.24, 2.45) is 0 Å². The SMILES string of the molecule is CSCC(C)NCc1cc(F)cc(C#N)c1. The van der Waals surface area contributed by atoms with Crippen LogP contribution in [0.25, 0.3) is 0 Å². The van der Waals surface area contributed by atoms with Crippen molar-refractivity contribution >= 4 is 11.8 Å². The number of nitrogens with one attached hydrogen (secondary N) is 1. The lowest BCUT2D eigenvalue weighted by Gasteiger charge is -2.12. The quantitative estimate of drug-likeness (QED) is 0.856. The van der Waals surface area contributed by atoms with Crippen molar-refractivity contribution in [3.8, 4) is 6.07 Å². The minimum atomic E-state index is -0.353. The zero-order valence-corrected chi connectivity index (χ0v) is 10.3. The highest BCUT2D eigenvalue weighted by molar-refractivity contribution is 7.98. The van der Waals surface area contributed by atoms with Gasteiger partial charge in [-0.25, -0.2) is 4.39 Å². The second kappa shape index (κ2) is 6.51. The van der Waals surface area contributed by atoms with Crippen molar-refractivity contribution in [3.05, 3.63) is 35.1 Å². The Kier molecular flexibility index (Phi) is 5.30. The summed E-state index contributed by atoms with van der Waals surface area (Å²) in [5.74, 6) is 0.661. The van der Waals surface area contributed by atoms with Crippen molar-refractivity contribution < 1.29 is 4.39 Å². The Hall–Kier alpha value is -1.05. The molecule has 0 aliphatic rings. The highest BCUT2D eigenvalue weighted by Crippen LogP contribution is 2.09. The molecular formula is C12H15FN2S. The maximum atomic E-state index is 13.1. The summed E-state index contributed by atoms with van der Waals surface area (Å²) in [6.07, 6.45) is 2.05. The second-order valence-electron chi connectivity index (χ2n) is 3.70. The van der Waals surface area contributed by atoms with Crippen molar-refractivity contribution in [2.45, 2.75) is 19.5 Å². The van der Waals surface area contributed by atoms with Crippen LogP contribution >= 0.6 is 11.8 Å². The monoisotopic (exact) mass is 238 g/mol. The molecule has 1 aromatic carbocycles. The lowest BCUT2D eigenvalue weighted by atomic mass is 10.1. The van der Waals surface area contributed by atoms with Crippen LogP contribution in [-0.4, -0.2) is 18.1 Å². The van der Waals surface area contributed by atoms with Crippen LogP contribution in [-0.2, 0) is 6.54 Å². The Bertz CT molecular complexity index is 387. The van der Waals surface area contributed by atoms with Gasteiger partial charge in [0.15, 0.2) is 0 Å². The van der Waals surface area contributed by atoms with Crippen LogP contribution in [0.1, 0.15) is 18.1 Å². The number of hydrogen-bond acceptors (Lipinski definition) is 3. The van der Waals surface area contributed by atoms with Crippen LogP contribution in [0.2, 0.25) is 0 Å². The Labute approximate surface area is 99.9 Å². The molecule has 0 aromatic heterocycles. The summed E-state index contributed by atoms with van der Waals surface area (Å²) in [7, 11) is 0. The highest BCUT2D eigenvalue weighted by Gasteiger charge is 2.03. The standard InChI is InChI=1S/C12H15FN2S/c1-9(8-16-2)15-7-11-3-10(6-14)4-12(13)5-11/h3-5,9,15H,7-8H2,1-2H3. The van der Waals surface area contributed by atoms with E-state index in [9.17, 15) is 4.39 Å². The average Bonchev–Trinajstić information content (AvgIpc) is 2.26. The fourth-order valence-corrected chi connectivity index (χ4v) is 2.04. The first-order valence-electron chi connectivity index (χ1n) is 5.07. The molecule has 0 heterocycles. The summed E-state index contributed by atoms with van der Waals surface area (Å²) in [6.45, 7) is 2.68. The summed E-state index contributed by atoms with van der Waals surface area (Å²) in [5, 5.41) is 12.0. The number of hydrogen-bond donors (Lipinski definition) is 1. The van der Waals surface area contributed by atoms with Gasteiger partial charge in [0.1, 0.15) is 5.82 Å². The van der Waals surface area contributed by atoms with Gasteiger partial charge in [-0.15, -0.1) is 0 Å². The van der Waals surface area contributed by atoms with Gasteiger partial charge in [0.25, 0.3) is 0 Å². The van der Waals surface area contributed by atoms with Gasteiger partial charge in [-0.3, -0.25) is 0 Å². The van der Waals surface area contributed by atoms with Gasteiger partial charge in [-0.2, -0.15) is 17.0 Å². The molecule has 0 saturated heterocycles. The predicted molar refractivity (Wildman–Crippen MR) is 65.8 cm³/mol. The summed E-state index contributed by atoms with van der Waals surface area (Å²) < 4.78 is 13.1. The van der Waals surface area contributed by atoms with Crippen molar-refractivity contribution in [1.82, 2.24) is 5.32 Å². The third kappa shape index (κ3) is 4.21. The Balaban J connectivity index is 2.60. The maximum absolute atomic E-state index is 13.1. The number of nitrogens with zero attached hydrogens (tertiary/aromatic N) is 1. The fraction of sp³-hybridized carbons (Fsp3) is 0.417. The van der Waals surface area contributed by atoms with E-state index in [2.05, 4.69) is 12.2 Å². The van der Waals surface area contributed by atoms with E-state index in [0.717, 1.165) is 11.3 Å². The van der Waals surface area contributed by atoms with E-state index in [0.29, 0.717) is 18.2 Å². The molecule has 0 aliphatic heterocycles. The van der Waals surface area contributed by atoms with Gasteiger partial charge in [0.05, 0.1) is 11.6 Å². The first-order valence-corrected chi connectivity index (χ1v) is 6.47. The topological polar surface area (TPSA) is 35.8 Å². The minimum Gasteiger partial charge on any atom is -0.309 e. The average molecular weight is 238 g/mol. The van der Waals surface area contributed by atoms with E-state index in [-0.39, 0.29) is 5.82 Å². The summed E-state index contributed by atoms with van der Waals surface area (Å²) in [5.41, 5.74) is 1.18. The van der Waals surface area contributed by atoms with Crippen LogP contribution in [0.5, 0.6) is 0 Å².